The molecule has 2 fully saturated rings. The summed E-state index contributed by atoms with van der Waals surface area (Å²) in [5.41, 5.74) is 5.01. The lowest BCUT2D eigenvalue weighted by Gasteiger charge is -2.38. The van der Waals surface area contributed by atoms with Gasteiger partial charge in [-0.1, -0.05) is 54.1 Å². The molecular formula is C26H26ClN3O. The van der Waals surface area contributed by atoms with E-state index in [2.05, 4.69) is 5.32 Å². The highest BCUT2D eigenvalue weighted by atomic mass is 35.5. The zero-order valence-electron chi connectivity index (χ0n) is 17.4. The van der Waals surface area contributed by atoms with Gasteiger partial charge in [-0.3, -0.25) is 4.79 Å². The highest BCUT2D eigenvalue weighted by molar-refractivity contribution is 6.32. The topological polar surface area (TPSA) is 46.9 Å². The Morgan fingerprint density at radius 2 is 1.61 bits per heavy atom. The van der Waals surface area contributed by atoms with Gasteiger partial charge in [0.15, 0.2) is 5.69 Å². The minimum Gasteiger partial charge on any atom is -0.347 e. The zero-order chi connectivity index (χ0) is 20.9. The summed E-state index contributed by atoms with van der Waals surface area (Å²) in [6, 6.07) is 17.9. The van der Waals surface area contributed by atoms with E-state index in [9.17, 15) is 4.79 Å². The third kappa shape index (κ3) is 3.28. The van der Waals surface area contributed by atoms with Gasteiger partial charge in [-0.2, -0.15) is 5.10 Å². The normalized spacial score (nSPS) is 25.8. The van der Waals surface area contributed by atoms with Gasteiger partial charge in [0.1, 0.15) is 0 Å². The van der Waals surface area contributed by atoms with Crippen molar-refractivity contribution < 1.29 is 4.79 Å². The standard InChI is InChI=1S/C26H26ClN3O/c27-21-8-4-5-9-22(21)30-25-20-13-17-10-18(14-20)12-19(11-17)23(25)24(29-30)26(31)28-15-16-6-2-1-3-7-16/h1-9,17-20H,10-15H2,(H,28,31). The molecule has 4 aliphatic rings. The van der Waals surface area contributed by atoms with Crippen LogP contribution in [-0.4, -0.2) is 15.7 Å². The summed E-state index contributed by atoms with van der Waals surface area (Å²) in [4.78, 5) is 13.4. The van der Waals surface area contributed by atoms with E-state index in [0.717, 1.165) is 23.1 Å². The van der Waals surface area contributed by atoms with E-state index in [1.54, 1.807) is 0 Å². The molecule has 31 heavy (non-hydrogen) atoms. The second kappa shape index (κ2) is 7.52. The van der Waals surface area contributed by atoms with Crippen LogP contribution in [0, 0.1) is 11.8 Å². The summed E-state index contributed by atoms with van der Waals surface area (Å²) >= 11 is 6.59. The lowest BCUT2D eigenvalue weighted by molar-refractivity contribution is 0.0942. The van der Waals surface area contributed by atoms with Crippen LogP contribution in [0.5, 0.6) is 0 Å². The molecule has 1 aromatic heterocycles. The number of para-hydroxylation sites is 1. The van der Waals surface area contributed by atoms with Crippen molar-refractivity contribution in [3.8, 4) is 5.69 Å². The summed E-state index contributed by atoms with van der Waals surface area (Å²) in [5.74, 6) is 2.36. The zero-order valence-corrected chi connectivity index (χ0v) is 18.2. The average Bonchev–Trinajstić information content (AvgIpc) is 3.10. The van der Waals surface area contributed by atoms with Crippen LogP contribution in [0.4, 0.5) is 0 Å². The first kappa shape index (κ1) is 19.1. The monoisotopic (exact) mass is 431 g/mol. The molecule has 0 spiro atoms. The smallest absolute Gasteiger partial charge is 0.272 e. The molecule has 0 saturated heterocycles. The number of hydrogen-bond donors (Lipinski definition) is 1. The molecule has 2 aromatic carbocycles. The molecule has 0 aliphatic heterocycles. The van der Waals surface area contributed by atoms with Gasteiger partial charge in [0.25, 0.3) is 5.91 Å². The second-order valence-electron chi connectivity index (χ2n) is 9.48. The van der Waals surface area contributed by atoms with Crippen LogP contribution in [0.2, 0.25) is 5.02 Å². The average molecular weight is 432 g/mol. The third-order valence-electron chi connectivity index (χ3n) is 7.48. The third-order valence-corrected chi connectivity index (χ3v) is 7.80. The van der Waals surface area contributed by atoms with E-state index in [-0.39, 0.29) is 5.91 Å². The number of nitrogens with zero attached hydrogens (tertiary/aromatic N) is 2. The predicted molar refractivity (Wildman–Crippen MR) is 122 cm³/mol. The number of rotatable bonds is 4. The largest absolute Gasteiger partial charge is 0.347 e. The summed E-state index contributed by atoms with van der Waals surface area (Å²) in [5, 5.41) is 8.71. The molecule has 1 N–H and O–H groups in total. The number of nitrogens with one attached hydrogen (secondary N) is 1. The molecule has 7 rings (SSSR count). The molecule has 1 heterocycles. The molecule has 3 aromatic rings. The summed E-state index contributed by atoms with van der Waals surface area (Å²) in [7, 11) is 0. The van der Waals surface area contributed by atoms with Crippen LogP contribution < -0.4 is 5.32 Å². The molecule has 158 valence electrons. The Bertz CT molecular complexity index is 1120. The molecule has 4 bridgehead atoms. The first-order valence-corrected chi connectivity index (χ1v) is 11.7. The Balaban J connectivity index is 1.45. The minimum atomic E-state index is -0.0767. The van der Waals surface area contributed by atoms with Crippen LogP contribution in [-0.2, 0) is 6.54 Å². The van der Waals surface area contributed by atoms with Crippen LogP contribution in [0.3, 0.4) is 0 Å². The van der Waals surface area contributed by atoms with Gasteiger partial charge in [-0.05, 0) is 67.6 Å². The molecule has 4 nitrogen and oxygen atoms in total. The fraction of sp³-hybridized carbons (Fsp3) is 0.385. The van der Waals surface area contributed by atoms with Crippen molar-refractivity contribution in [1.29, 1.82) is 0 Å². The van der Waals surface area contributed by atoms with Gasteiger partial charge in [-0.15, -0.1) is 0 Å². The maximum Gasteiger partial charge on any atom is 0.272 e. The highest BCUT2D eigenvalue weighted by Crippen LogP contribution is 2.57. The maximum absolute atomic E-state index is 13.4. The number of carbonyl (C=O) groups excluding carboxylic acids is 1. The summed E-state index contributed by atoms with van der Waals surface area (Å²) in [6.45, 7) is 0.507. The van der Waals surface area contributed by atoms with Crippen molar-refractivity contribution in [1.82, 2.24) is 15.1 Å². The van der Waals surface area contributed by atoms with Crippen LogP contribution >= 0.6 is 11.6 Å². The number of amides is 1. The maximum atomic E-state index is 13.4. The van der Waals surface area contributed by atoms with Crippen LogP contribution in [0.15, 0.2) is 54.6 Å². The molecule has 1 amide bonds. The second-order valence-corrected chi connectivity index (χ2v) is 9.89. The van der Waals surface area contributed by atoms with Crippen molar-refractivity contribution in [3.05, 3.63) is 82.1 Å². The van der Waals surface area contributed by atoms with Crippen molar-refractivity contribution in [2.45, 2.75) is 50.5 Å². The summed E-state index contributed by atoms with van der Waals surface area (Å²) in [6.07, 6.45) is 6.15. The van der Waals surface area contributed by atoms with Gasteiger partial charge in [0, 0.05) is 18.0 Å². The fourth-order valence-electron chi connectivity index (χ4n) is 6.38. The molecule has 2 atom stereocenters. The number of halogens is 1. The van der Waals surface area contributed by atoms with Crippen molar-refractivity contribution >= 4 is 17.5 Å². The van der Waals surface area contributed by atoms with Gasteiger partial charge < -0.3 is 5.32 Å². The molecular weight excluding hydrogens is 406 g/mol. The lowest BCUT2D eigenvalue weighted by atomic mass is 9.67. The Morgan fingerprint density at radius 1 is 0.935 bits per heavy atom. The van der Waals surface area contributed by atoms with E-state index >= 15 is 0 Å². The minimum absolute atomic E-state index is 0.0767. The number of aromatic nitrogens is 2. The Kier molecular flexibility index (Phi) is 4.64. The van der Waals surface area contributed by atoms with Crippen LogP contribution in [0.25, 0.3) is 5.69 Å². The van der Waals surface area contributed by atoms with Gasteiger partial charge in [0.2, 0.25) is 0 Å². The molecule has 5 heteroatoms. The Hall–Kier alpha value is -2.59. The summed E-state index contributed by atoms with van der Waals surface area (Å²) < 4.78 is 2.00. The highest BCUT2D eigenvalue weighted by Gasteiger charge is 2.46. The lowest BCUT2D eigenvalue weighted by Crippen LogP contribution is -2.28. The number of hydrogen-bond acceptors (Lipinski definition) is 2. The first-order valence-electron chi connectivity index (χ1n) is 11.4. The van der Waals surface area contributed by atoms with E-state index in [4.69, 9.17) is 16.7 Å². The Morgan fingerprint density at radius 3 is 2.35 bits per heavy atom. The van der Waals surface area contributed by atoms with E-state index in [0.29, 0.717) is 29.1 Å². The van der Waals surface area contributed by atoms with Crippen molar-refractivity contribution in [2.75, 3.05) is 0 Å². The molecule has 2 saturated carbocycles. The number of carbonyl (C=O) groups is 1. The quantitative estimate of drug-likeness (QED) is 0.563. The van der Waals surface area contributed by atoms with Gasteiger partial charge in [0.05, 0.1) is 16.4 Å². The predicted octanol–water partition coefficient (Wildman–Crippen LogP) is 5.85. The SMILES string of the molecule is O=C(NCc1ccccc1)c1nn(-c2ccccc2Cl)c2c1C1CC3CC(C1)CC2C3. The molecule has 2 unspecified atom stereocenters. The molecule has 4 aliphatic carbocycles. The van der Waals surface area contributed by atoms with E-state index < -0.39 is 0 Å². The number of benzene rings is 2. The first-order chi connectivity index (χ1) is 15.2. The van der Waals surface area contributed by atoms with Crippen LogP contribution in [0.1, 0.15) is 71.2 Å². The van der Waals surface area contributed by atoms with Crippen molar-refractivity contribution in [2.24, 2.45) is 11.8 Å². The van der Waals surface area contributed by atoms with Crippen molar-refractivity contribution in [3.63, 3.8) is 0 Å². The van der Waals surface area contributed by atoms with E-state index in [1.807, 2.05) is 59.3 Å². The van der Waals surface area contributed by atoms with Gasteiger partial charge >= 0.3 is 0 Å². The Labute approximate surface area is 187 Å². The van der Waals surface area contributed by atoms with E-state index in [1.165, 1.54) is 43.4 Å². The van der Waals surface area contributed by atoms with Gasteiger partial charge in [-0.25, -0.2) is 4.68 Å². The molecule has 0 radical (unpaired) electrons. The fourth-order valence-corrected chi connectivity index (χ4v) is 6.60.